The van der Waals surface area contributed by atoms with Gasteiger partial charge in [-0.15, -0.1) is 0 Å². The molecule has 25 heavy (non-hydrogen) atoms. The van der Waals surface area contributed by atoms with Crippen LogP contribution in [0.1, 0.15) is 30.4 Å². The van der Waals surface area contributed by atoms with Gasteiger partial charge in [-0.1, -0.05) is 12.2 Å². The summed E-state index contributed by atoms with van der Waals surface area (Å²) in [6.07, 6.45) is 5.07. The van der Waals surface area contributed by atoms with Crippen LogP contribution in [-0.2, 0) is 6.54 Å². The molecule has 1 aromatic rings. The van der Waals surface area contributed by atoms with Gasteiger partial charge in [0, 0.05) is 31.1 Å². The molecule has 3 rings (SSSR count). The van der Waals surface area contributed by atoms with Crippen LogP contribution in [0.4, 0.5) is 4.79 Å². The number of benzene rings is 1. The SMILES string of the molecule is CCNC(=O)Oc1cc2c(cc1OC)[C@@H]1CC=C[C@H](N(C)C)C1NC2. The summed E-state index contributed by atoms with van der Waals surface area (Å²) in [5.74, 6) is 1.44. The maximum Gasteiger partial charge on any atom is 0.412 e. The zero-order valence-electron chi connectivity index (χ0n) is 15.3. The van der Waals surface area contributed by atoms with Gasteiger partial charge in [-0.3, -0.25) is 0 Å². The highest BCUT2D eigenvalue weighted by molar-refractivity contribution is 5.71. The number of amides is 1. The minimum absolute atomic E-state index is 0.365. The summed E-state index contributed by atoms with van der Waals surface area (Å²) in [7, 11) is 5.82. The number of nitrogens with one attached hydrogen (secondary N) is 2. The Labute approximate surface area is 149 Å². The van der Waals surface area contributed by atoms with Crippen LogP contribution in [0.2, 0.25) is 0 Å². The molecule has 1 amide bonds. The van der Waals surface area contributed by atoms with Gasteiger partial charge in [-0.25, -0.2) is 4.79 Å². The minimum Gasteiger partial charge on any atom is -0.493 e. The molecule has 2 aliphatic rings. The highest BCUT2D eigenvalue weighted by atomic mass is 16.6. The number of fused-ring (bicyclic) bond motifs is 3. The maximum absolute atomic E-state index is 11.8. The number of methoxy groups -OCH3 is 1. The number of rotatable bonds is 4. The number of ether oxygens (including phenoxy) is 2. The minimum atomic E-state index is -0.462. The Kier molecular flexibility index (Phi) is 5.30. The fourth-order valence-electron chi connectivity index (χ4n) is 3.81. The third-order valence-corrected chi connectivity index (χ3v) is 5.00. The van der Waals surface area contributed by atoms with E-state index >= 15 is 0 Å². The van der Waals surface area contributed by atoms with Gasteiger partial charge in [-0.2, -0.15) is 0 Å². The van der Waals surface area contributed by atoms with Gasteiger partial charge in [0.15, 0.2) is 11.5 Å². The number of hydrogen-bond acceptors (Lipinski definition) is 5. The topological polar surface area (TPSA) is 62.8 Å². The summed E-state index contributed by atoms with van der Waals surface area (Å²) >= 11 is 0. The predicted molar refractivity (Wildman–Crippen MR) is 97.3 cm³/mol. The van der Waals surface area contributed by atoms with Crippen LogP contribution in [0.3, 0.4) is 0 Å². The van der Waals surface area contributed by atoms with E-state index in [2.05, 4.69) is 41.8 Å². The van der Waals surface area contributed by atoms with Crippen molar-refractivity contribution >= 4 is 6.09 Å². The van der Waals surface area contributed by atoms with E-state index in [0.717, 1.165) is 18.5 Å². The molecular weight excluding hydrogens is 318 g/mol. The Hall–Kier alpha value is -2.05. The summed E-state index contributed by atoms with van der Waals surface area (Å²) in [6, 6.07) is 4.70. The van der Waals surface area contributed by atoms with Gasteiger partial charge in [0.2, 0.25) is 0 Å². The smallest absolute Gasteiger partial charge is 0.412 e. The first-order valence-electron chi connectivity index (χ1n) is 8.78. The molecule has 1 unspecified atom stereocenters. The van der Waals surface area contributed by atoms with Crippen molar-refractivity contribution in [3.8, 4) is 11.5 Å². The van der Waals surface area contributed by atoms with E-state index in [4.69, 9.17) is 9.47 Å². The van der Waals surface area contributed by atoms with Crippen LogP contribution >= 0.6 is 0 Å². The van der Waals surface area contributed by atoms with Crippen molar-refractivity contribution in [3.63, 3.8) is 0 Å². The Morgan fingerprint density at radius 3 is 2.84 bits per heavy atom. The van der Waals surface area contributed by atoms with E-state index in [1.165, 1.54) is 5.56 Å². The lowest BCUT2D eigenvalue weighted by Crippen LogP contribution is -2.53. The molecule has 1 aliphatic heterocycles. The second kappa shape index (κ2) is 7.45. The number of hydrogen-bond donors (Lipinski definition) is 2. The first-order valence-corrected chi connectivity index (χ1v) is 8.78. The average Bonchev–Trinajstić information content (AvgIpc) is 2.60. The Morgan fingerprint density at radius 1 is 1.36 bits per heavy atom. The van der Waals surface area contributed by atoms with E-state index in [-0.39, 0.29) is 0 Å². The lowest BCUT2D eigenvalue weighted by atomic mass is 9.76. The molecule has 0 bridgehead atoms. The molecule has 1 aliphatic carbocycles. The fourth-order valence-corrected chi connectivity index (χ4v) is 3.81. The molecule has 0 aromatic heterocycles. The molecule has 0 radical (unpaired) electrons. The van der Waals surface area contributed by atoms with Crippen molar-refractivity contribution in [2.45, 2.75) is 37.9 Å². The maximum atomic E-state index is 11.8. The highest BCUT2D eigenvalue weighted by Crippen LogP contribution is 2.41. The Morgan fingerprint density at radius 2 is 2.16 bits per heavy atom. The van der Waals surface area contributed by atoms with E-state index in [9.17, 15) is 4.79 Å². The lowest BCUT2D eigenvalue weighted by molar-refractivity contribution is 0.198. The fraction of sp³-hybridized carbons (Fsp3) is 0.526. The van der Waals surface area contributed by atoms with Crippen molar-refractivity contribution in [2.75, 3.05) is 27.7 Å². The van der Waals surface area contributed by atoms with Gasteiger partial charge < -0.3 is 25.0 Å². The molecule has 1 aromatic carbocycles. The molecule has 6 nitrogen and oxygen atoms in total. The molecular formula is C19H27N3O3. The zero-order chi connectivity index (χ0) is 18.0. The first kappa shape index (κ1) is 17.8. The van der Waals surface area contributed by atoms with Crippen LogP contribution in [-0.4, -0.2) is 50.8 Å². The summed E-state index contributed by atoms with van der Waals surface area (Å²) in [4.78, 5) is 14.0. The first-order chi connectivity index (χ1) is 12.0. The largest absolute Gasteiger partial charge is 0.493 e. The number of nitrogens with zero attached hydrogens (tertiary/aromatic N) is 1. The molecule has 0 saturated heterocycles. The van der Waals surface area contributed by atoms with Crippen LogP contribution < -0.4 is 20.1 Å². The summed E-state index contributed by atoms with van der Waals surface area (Å²) in [5, 5.41) is 6.30. The summed E-state index contributed by atoms with van der Waals surface area (Å²) in [5.41, 5.74) is 2.44. The van der Waals surface area contributed by atoms with Gasteiger partial charge in [0.25, 0.3) is 0 Å². The Bertz CT molecular complexity index is 672. The number of carbonyl (C=O) groups is 1. The van der Waals surface area contributed by atoms with E-state index < -0.39 is 6.09 Å². The van der Waals surface area contributed by atoms with Crippen LogP contribution in [0.5, 0.6) is 11.5 Å². The normalized spacial score (nSPS) is 24.4. The van der Waals surface area contributed by atoms with Gasteiger partial charge >= 0.3 is 6.09 Å². The molecule has 2 N–H and O–H groups in total. The van der Waals surface area contributed by atoms with Gasteiger partial charge in [0.05, 0.1) is 7.11 Å². The third-order valence-electron chi connectivity index (χ3n) is 5.00. The molecule has 6 heteroatoms. The van der Waals surface area contributed by atoms with Gasteiger partial charge in [-0.05, 0) is 50.7 Å². The molecule has 1 heterocycles. The molecule has 3 atom stereocenters. The standard InChI is InChI=1S/C19H27N3O3/c1-5-20-19(23)25-17-9-12-11-21-18-13(14(12)10-16(17)24-4)7-6-8-15(18)22(2)3/h6,8-10,13,15,18,21H,5,7,11H2,1-4H3,(H,20,23)/t13-,15-,18?/m0/s1. The van der Waals surface area contributed by atoms with E-state index in [1.807, 2.05) is 19.1 Å². The summed E-state index contributed by atoms with van der Waals surface area (Å²) < 4.78 is 10.9. The Balaban J connectivity index is 1.92. The van der Waals surface area contributed by atoms with Crippen LogP contribution in [0.15, 0.2) is 24.3 Å². The monoisotopic (exact) mass is 345 g/mol. The van der Waals surface area contributed by atoms with Crippen molar-refractivity contribution < 1.29 is 14.3 Å². The highest BCUT2D eigenvalue weighted by Gasteiger charge is 2.37. The quantitative estimate of drug-likeness (QED) is 0.820. The predicted octanol–water partition coefficient (Wildman–Crippen LogP) is 2.25. The third kappa shape index (κ3) is 3.50. The van der Waals surface area contributed by atoms with E-state index in [1.54, 1.807) is 7.11 Å². The summed E-state index contributed by atoms with van der Waals surface area (Å²) in [6.45, 7) is 3.13. The van der Waals surface area contributed by atoms with Crippen molar-refractivity contribution in [2.24, 2.45) is 0 Å². The number of carbonyl (C=O) groups excluding carboxylic acids is 1. The van der Waals surface area contributed by atoms with Gasteiger partial charge in [0.1, 0.15) is 0 Å². The van der Waals surface area contributed by atoms with Crippen LogP contribution in [0.25, 0.3) is 0 Å². The van der Waals surface area contributed by atoms with Crippen molar-refractivity contribution in [1.82, 2.24) is 15.5 Å². The number of allylic oxidation sites excluding steroid dienone is 1. The zero-order valence-corrected chi connectivity index (χ0v) is 15.3. The van der Waals surface area contributed by atoms with E-state index in [0.29, 0.717) is 36.0 Å². The van der Waals surface area contributed by atoms with Crippen LogP contribution in [0, 0.1) is 0 Å². The molecule has 136 valence electrons. The molecule has 0 fully saturated rings. The average molecular weight is 345 g/mol. The second-order valence-corrected chi connectivity index (χ2v) is 6.75. The van der Waals surface area contributed by atoms with Crippen molar-refractivity contribution in [1.29, 1.82) is 0 Å². The molecule has 0 spiro atoms. The number of likely N-dealkylation sites (N-methyl/N-ethyl adjacent to an activating group) is 1. The molecule has 0 saturated carbocycles. The second-order valence-electron chi connectivity index (χ2n) is 6.75. The van der Waals surface area contributed by atoms with Crippen molar-refractivity contribution in [3.05, 3.63) is 35.4 Å². The lowest BCUT2D eigenvalue weighted by Gasteiger charge is -2.43.